The Kier molecular flexibility index (Phi) is 4.94. The molecule has 0 aliphatic carbocycles. The standard InChI is InChI=1S/C20H16N2O4/c1-2-3-4-8-18(23)21-13-6-5-7-14(11-13)26-15-9-10-16-17(12-15)20(25)22-19(16)24/h2-12H,1H3,(H,21,23)(H,22,24,25)/b3-2+,8-4+. The van der Waals surface area contributed by atoms with Crippen LogP contribution in [0.1, 0.15) is 27.6 Å². The first-order chi connectivity index (χ1) is 12.6. The molecule has 0 aromatic heterocycles. The van der Waals surface area contributed by atoms with E-state index in [0.717, 1.165) is 0 Å². The lowest BCUT2D eigenvalue weighted by atomic mass is 10.1. The topological polar surface area (TPSA) is 84.5 Å². The first-order valence-electron chi connectivity index (χ1n) is 7.95. The number of carbonyl (C=O) groups excluding carboxylic acids is 3. The summed E-state index contributed by atoms with van der Waals surface area (Å²) in [5, 5.41) is 4.97. The van der Waals surface area contributed by atoms with Gasteiger partial charge in [0.1, 0.15) is 11.5 Å². The molecular formula is C20H16N2O4. The molecule has 0 spiro atoms. The molecule has 2 aromatic carbocycles. The van der Waals surface area contributed by atoms with Crippen molar-refractivity contribution in [2.75, 3.05) is 5.32 Å². The van der Waals surface area contributed by atoms with Crippen molar-refractivity contribution < 1.29 is 19.1 Å². The number of imide groups is 1. The molecule has 3 amide bonds. The van der Waals surface area contributed by atoms with E-state index in [9.17, 15) is 14.4 Å². The van der Waals surface area contributed by atoms with Gasteiger partial charge in [-0.3, -0.25) is 19.7 Å². The highest BCUT2D eigenvalue weighted by Gasteiger charge is 2.26. The average Bonchev–Trinajstić information content (AvgIpc) is 2.89. The highest BCUT2D eigenvalue weighted by molar-refractivity contribution is 6.21. The SMILES string of the molecule is C/C=C/C=C/C(=O)Nc1cccc(Oc2ccc3c(c2)C(=O)NC3=O)c1. The lowest BCUT2D eigenvalue weighted by molar-refractivity contribution is -0.111. The van der Waals surface area contributed by atoms with E-state index in [0.29, 0.717) is 22.7 Å². The molecule has 6 heteroatoms. The van der Waals surface area contributed by atoms with Crippen LogP contribution in [0.4, 0.5) is 5.69 Å². The van der Waals surface area contributed by atoms with Crippen molar-refractivity contribution in [1.29, 1.82) is 0 Å². The van der Waals surface area contributed by atoms with Gasteiger partial charge >= 0.3 is 0 Å². The Morgan fingerprint density at radius 2 is 1.77 bits per heavy atom. The van der Waals surface area contributed by atoms with Gasteiger partial charge < -0.3 is 10.1 Å². The highest BCUT2D eigenvalue weighted by atomic mass is 16.5. The molecule has 1 aliphatic heterocycles. The number of benzene rings is 2. The second-order valence-corrected chi connectivity index (χ2v) is 5.49. The van der Waals surface area contributed by atoms with Crippen LogP contribution in [0, 0.1) is 0 Å². The molecular weight excluding hydrogens is 332 g/mol. The summed E-state index contributed by atoms with van der Waals surface area (Å²) in [6, 6.07) is 11.5. The maximum atomic E-state index is 11.8. The monoisotopic (exact) mass is 348 g/mol. The van der Waals surface area contributed by atoms with E-state index in [2.05, 4.69) is 10.6 Å². The fourth-order valence-corrected chi connectivity index (χ4v) is 2.42. The summed E-state index contributed by atoms with van der Waals surface area (Å²) < 4.78 is 5.74. The van der Waals surface area contributed by atoms with Crippen molar-refractivity contribution in [3.63, 3.8) is 0 Å². The molecule has 0 unspecified atom stereocenters. The van der Waals surface area contributed by atoms with Gasteiger partial charge in [0.05, 0.1) is 11.1 Å². The lowest BCUT2D eigenvalue weighted by Gasteiger charge is -2.09. The quantitative estimate of drug-likeness (QED) is 0.492. The molecule has 6 nitrogen and oxygen atoms in total. The number of hydrogen-bond acceptors (Lipinski definition) is 4. The van der Waals surface area contributed by atoms with Crippen molar-refractivity contribution in [2.45, 2.75) is 6.92 Å². The Labute approximate surface area is 150 Å². The van der Waals surface area contributed by atoms with Crippen LogP contribution in [-0.2, 0) is 4.79 Å². The molecule has 2 N–H and O–H groups in total. The number of anilines is 1. The second-order valence-electron chi connectivity index (χ2n) is 5.49. The van der Waals surface area contributed by atoms with E-state index >= 15 is 0 Å². The van der Waals surface area contributed by atoms with E-state index in [1.54, 1.807) is 48.6 Å². The predicted octanol–water partition coefficient (Wildman–Crippen LogP) is 3.43. The van der Waals surface area contributed by atoms with Crippen molar-refractivity contribution in [1.82, 2.24) is 5.32 Å². The zero-order valence-electron chi connectivity index (χ0n) is 14.0. The molecule has 0 atom stereocenters. The number of hydrogen-bond donors (Lipinski definition) is 2. The fourth-order valence-electron chi connectivity index (χ4n) is 2.42. The largest absolute Gasteiger partial charge is 0.457 e. The molecule has 26 heavy (non-hydrogen) atoms. The van der Waals surface area contributed by atoms with Gasteiger partial charge in [-0.1, -0.05) is 24.3 Å². The summed E-state index contributed by atoms with van der Waals surface area (Å²) in [5.74, 6) is -0.195. The van der Waals surface area contributed by atoms with Crippen LogP contribution >= 0.6 is 0 Å². The van der Waals surface area contributed by atoms with Gasteiger partial charge in [-0.2, -0.15) is 0 Å². The molecule has 1 aliphatic rings. The summed E-state index contributed by atoms with van der Waals surface area (Å²) in [6.45, 7) is 1.86. The number of rotatable bonds is 5. The Hall–Kier alpha value is -3.67. The smallest absolute Gasteiger partial charge is 0.259 e. The van der Waals surface area contributed by atoms with Crippen LogP contribution in [-0.4, -0.2) is 17.7 Å². The average molecular weight is 348 g/mol. The maximum Gasteiger partial charge on any atom is 0.259 e. The third kappa shape index (κ3) is 3.87. The number of fused-ring (bicyclic) bond motifs is 1. The number of allylic oxidation sites excluding steroid dienone is 3. The lowest BCUT2D eigenvalue weighted by Crippen LogP contribution is -2.19. The van der Waals surface area contributed by atoms with E-state index in [1.165, 1.54) is 12.1 Å². The molecule has 2 aromatic rings. The van der Waals surface area contributed by atoms with Gasteiger partial charge in [-0.05, 0) is 37.3 Å². The molecule has 1 heterocycles. The first-order valence-corrected chi connectivity index (χ1v) is 7.95. The highest BCUT2D eigenvalue weighted by Crippen LogP contribution is 2.27. The van der Waals surface area contributed by atoms with Crippen LogP contribution in [0.3, 0.4) is 0 Å². The summed E-state index contributed by atoms with van der Waals surface area (Å²) in [4.78, 5) is 35.1. The van der Waals surface area contributed by atoms with E-state index < -0.39 is 11.8 Å². The van der Waals surface area contributed by atoms with Gasteiger partial charge in [0.15, 0.2) is 0 Å². The molecule has 0 fully saturated rings. The summed E-state index contributed by atoms with van der Waals surface area (Å²) in [5.41, 5.74) is 1.19. The number of ether oxygens (including phenoxy) is 1. The minimum absolute atomic E-state index is 0.257. The summed E-state index contributed by atoms with van der Waals surface area (Å²) >= 11 is 0. The van der Waals surface area contributed by atoms with Crippen LogP contribution in [0.5, 0.6) is 11.5 Å². The minimum Gasteiger partial charge on any atom is -0.457 e. The fraction of sp³-hybridized carbons (Fsp3) is 0.0500. The van der Waals surface area contributed by atoms with Crippen molar-refractivity contribution in [3.8, 4) is 11.5 Å². The molecule has 3 rings (SSSR count). The van der Waals surface area contributed by atoms with Gasteiger partial charge in [-0.15, -0.1) is 0 Å². The second kappa shape index (κ2) is 7.48. The van der Waals surface area contributed by atoms with Gasteiger partial charge in [-0.25, -0.2) is 0 Å². The first kappa shape index (κ1) is 17.2. The van der Waals surface area contributed by atoms with E-state index in [-0.39, 0.29) is 11.5 Å². The van der Waals surface area contributed by atoms with Crippen LogP contribution in [0.25, 0.3) is 0 Å². The normalized spacial score (nSPS) is 13.1. The number of nitrogens with one attached hydrogen (secondary N) is 2. The van der Waals surface area contributed by atoms with Gasteiger partial charge in [0.2, 0.25) is 5.91 Å². The van der Waals surface area contributed by atoms with Crippen LogP contribution in [0.2, 0.25) is 0 Å². The Bertz CT molecular complexity index is 945. The Morgan fingerprint density at radius 1 is 1.00 bits per heavy atom. The van der Waals surface area contributed by atoms with Crippen molar-refractivity contribution >= 4 is 23.4 Å². The van der Waals surface area contributed by atoms with Crippen molar-refractivity contribution in [2.24, 2.45) is 0 Å². The van der Waals surface area contributed by atoms with E-state index in [4.69, 9.17) is 4.74 Å². The van der Waals surface area contributed by atoms with Crippen LogP contribution in [0.15, 0.2) is 66.8 Å². The Morgan fingerprint density at radius 3 is 2.58 bits per heavy atom. The zero-order valence-corrected chi connectivity index (χ0v) is 14.0. The van der Waals surface area contributed by atoms with E-state index in [1.807, 2.05) is 13.0 Å². The Balaban J connectivity index is 1.73. The third-order valence-corrected chi connectivity index (χ3v) is 3.60. The number of carbonyl (C=O) groups is 3. The predicted molar refractivity (Wildman–Crippen MR) is 97.3 cm³/mol. The third-order valence-electron chi connectivity index (χ3n) is 3.60. The zero-order chi connectivity index (χ0) is 18.5. The minimum atomic E-state index is -0.440. The summed E-state index contributed by atoms with van der Waals surface area (Å²) in [6.07, 6.45) is 6.65. The van der Waals surface area contributed by atoms with Gasteiger partial charge in [0, 0.05) is 17.8 Å². The summed E-state index contributed by atoms with van der Waals surface area (Å²) in [7, 11) is 0. The molecule has 0 saturated heterocycles. The van der Waals surface area contributed by atoms with Crippen LogP contribution < -0.4 is 15.4 Å². The maximum absolute atomic E-state index is 11.8. The van der Waals surface area contributed by atoms with Crippen molar-refractivity contribution in [3.05, 3.63) is 77.9 Å². The van der Waals surface area contributed by atoms with Gasteiger partial charge in [0.25, 0.3) is 11.8 Å². The molecule has 0 saturated carbocycles. The molecule has 0 bridgehead atoms. The number of amides is 3. The molecule has 130 valence electrons. The molecule has 0 radical (unpaired) electrons.